The van der Waals surface area contributed by atoms with Crippen LogP contribution in [0.15, 0.2) is 29.3 Å². The number of nitrogens with zero attached hydrogens (tertiary/aromatic N) is 1. The van der Waals surface area contributed by atoms with Gasteiger partial charge in [0, 0.05) is 12.0 Å². The van der Waals surface area contributed by atoms with Crippen LogP contribution in [-0.4, -0.2) is 24.1 Å². The van der Waals surface area contributed by atoms with Gasteiger partial charge in [-0.05, 0) is 19.0 Å². The summed E-state index contributed by atoms with van der Waals surface area (Å²) in [6.45, 7) is 1.22. The van der Waals surface area contributed by atoms with Gasteiger partial charge in [0.25, 0.3) is 0 Å². The van der Waals surface area contributed by atoms with Gasteiger partial charge in [-0.2, -0.15) is 0 Å². The van der Waals surface area contributed by atoms with Crippen LogP contribution < -0.4 is 5.73 Å². The fourth-order valence-corrected chi connectivity index (χ4v) is 1.74. The molecule has 1 aromatic rings. The zero-order valence-electron chi connectivity index (χ0n) is 9.10. The first-order valence-electron chi connectivity index (χ1n) is 5.49. The number of hydrogen-bond donors (Lipinski definition) is 2. The van der Waals surface area contributed by atoms with Crippen LogP contribution in [0.4, 0.5) is 0 Å². The average Bonchev–Trinajstić information content (AvgIpc) is 2.75. The SMILES string of the molecule is NCCCC1=NCC(c2ccccc2O)O1. The summed E-state index contributed by atoms with van der Waals surface area (Å²) in [5.41, 5.74) is 6.23. The zero-order chi connectivity index (χ0) is 11.4. The molecular formula is C12H16N2O2. The van der Waals surface area contributed by atoms with E-state index in [1.165, 1.54) is 0 Å². The molecule has 2 rings (SSSR count). The Morgan fingerprint density at radius 1 is 1.44 bits per heavy atom. The van der Waals surface area contributed by atoms with Crippen molar-refractivity contribution in [3.8, 4) is 5.75 Å². The highest BCUT2D eigenvalue weighted by atomic mass is 16.5. The number of nitrogens with two attached hydrogens (primary N) is 1. The lowest BCUT2D eigenvalue weighted by atomic mass is 10.1. The molecule has 0 aliphatic carbocycles. The standard InChI is InChI=1S/C12H16N2O2/c13-7-3-6-12-14-8-11(16-12)9-4-1-2-5-10(9)15/h1-2,4-5,11,15H,3,6-8,13H2. The molecule has 1 aliphatic heterocycles. The van der Waals surface area contributed by atoms with E-state index in [0.717, 1.165) is 24.3 Å². The van der Waals surface area contributed by atoms with E-state index < -0.39 is 0 Å². The third-order valence-corrected chi connectivity index (χ3v) is 2.59. The topological polar surface area (TPSA) is 67.8 Å². The Labute approximate surface area is 94.8 Å². The maximum absolute atomic E-state index is 9.68. The van der Waals surface area contributed by atoms with Gasteiger partial charge in [0.2, 0.25) is 0 Å². The monoisotopic (exact) mass is 220 g/mol. The van der Waals surface area contributed by atoms with Gasteiger partial charge in [-0.15, -0.1) is 0 Å². The Kier molecular flexibility index (Phi) is 3.41. The van der Waals surface area contributed by atoms with Crippen molar-refractivity contribution in [2.45, 2.75) is 18.9 Å². The summed E-state index contributed by atoms with van der Waals surface area (Å²) >= 11 is 0. The minimum Gasteiger partial charge on any atom is -0.508 e. The third kappa shape index (κ3) is 2.33. The summed E-state index contributed by atoms with van der Waals surface area (Å²) in [5.74, 6) is 1.02. The first-order valence-corrected chi connectivity index (χ1v) is 5.49. The summed E-state index contributed by atoms with van der Waals surface area (Å²) in [4.78, 5) is 4.30. The van der Waals surface area contributed by atoms with Crippen molar-refractivity contribution < 1.29 is 9.84 Å². The summed E-state index contributed by atoms with van der Waals surface area (Å²) in [6, 6.07) is 7.21. The summed E-state index contributed by atoms with van der Waals surface area (Å²) in [7, 11) is 0. The van der Waals surface area contributed by atoms with Crippen LogP contribution in [0.5, 0.6) is 5.75 Å². The number of ether oxygens (including phenoxy) is 1. The highest BCUT2D eigenvalue weighted by molar-refractivity contribution is 5.77. The quantitative estimate of drug-likeness (QED) is 0.809. The van der Waals surface area contributed by atoms with Gasteiger partial charge in [0.15, 0.2) is 5.90 Å². The van der Waals surface area contributed by atoms with Crippen LogP contribution in [0, 0.1) is 0 Å². The molecule has 1 atom stereocenters. The molecule has 0 amide bonds. The molecule has 0 saturated heterocycles. The highest BCUT2D eigenvalue weighted by Gasteiger charge is 2.23. The second-order valence-electron chi connectivity index (χ2n) is 3.79. The molecule has 0 fully saturated rings. The van der Waals surface area contributed by atoms with E-state index in [-0.39, 0.29) is 11.9 Å². The van der Waals surface area contributed by atoms with Crippen molar-refractivity contribution in [3.63, 3.8) is 0 Å². The van der Waals surface area contributed by atoms with Crippen molar-refractivity contribution in [2.24, 2.45) is 10.7 Å². The Morgan fingerprint density at radius 2 is 2.25 bits per heavy atom. The highest BCUT2D eigenvalue weighted by Crippen LogP contribution is 2.30. The van der Waals surface area contributed by atoms with Crippen LogP contribution in [0.25, 0.3) is 0 Å². The van der Waals surface area contributed by atoms with Crippen LogP contribution in [0.1, 0.15) is 24.5 Å². The molecule has 1 aromatic carbocycles. The second-order valence-corrected chi connectivity index (χ2v) is 3.79. The maximum atomic E-state index is 9.68. The van der Waals surface area contributed by atoms with Gasteiger partial charge in [-0.3, -0.25) is 4.99 Å². The minimum atomic E-state index is -0.144. The molecule has 0 bridgehead atoms. The Hall–Kier alpha value is -1.55. The van der Waals surface area contributed by atoms with Crippen LogP contribution in [-0.2, 0) is 4.74 Å². The predicted octanol–water partition coefficient (Wildman–Crippen LogP) is 1.60. The third-order valence-electron chi connectivity index (χ3n) is 2.59. The van der Waals surface area contributed by atoms with E-state index in [4.69, 9.17) is 10.5 Å². The van der Waals surface area contributed by atoms with Crippen molar-refractivity contribution in [3.05, 3.63) is 29.8 Å². The molecule has 0 saturated carbocycles. The molecule has 4 heteroatoms. The molecule has 4 nitrogen and oxygen atoms in total. The molecule has 86 valence electrons. The number of para-hydroxylation sites is 1. The Balaban J connectivity index is 1.98. The van der Waals surface area contributed by atoms with E-state index in [2.05, 4.69) is 4.99 Å². The van der Waals surface area contributed by atoms with Crippen molar-refractivity contribution in [1.82, 2.24) is 0 Å². The van der Waals surface area contributed by atoms with Gasteiger partial charge in [0.05, 0.1) is 6.54 Å². The molecule has 1 heterocycles. The van der Waals surface area contributed by atoms with Crippen molar-refractivity contribution in [2.75, 3.05) is 13.1 Å². The van der Waals surface area contributed by atoms with Gasteiger partial charge in [-0.1, -0.05) is 18.2 Å². The van der Waals surface area contributed by atoms with Crippen LogP contribution >= 0.6 is 0 Å². The van der Waals surface area contributed by atoms with E-state index in [1.54, 1.807) is 12.1 Å². The number of aromatic hydroxyl groups is 1. The molecule has 1 aliphatic rings. The van der Waals surface area contributed by atoms with Gasteiger partial charge >= 0.3 is 0 Å². The van der Waals surface area contributed by atoms with Crippen molar-refractivity contribution >= 4 is 5.90 Å². The number of aliphatic imine (C=N–C) groups is 1. The smallest absolute Gasteiger partial charge is 0.184 e. The lowest BCUT2D eigenvalue weighted by Gasteiger charge is -2.12. The number of rotatable bonds is 4. The molecule has 16 heavy (non-hydrogen) atoms. The first-order chi connectivity index (χ1) is 7.81. The van der Waals surface area contributed by atoms with Crippen molar-refractivity contribution in [1.29, 1.82) is 0 Å². The average molecular weight is 220 g/mol. The van der Waals surface area contributed by atoms with Gasteiger partial charge < -0.3 is 15.6 Å². The van der Waals surface area contributed by atoms with Gasteiger partial charge in [0.1, 0.15) is 11.9 Å². The first kappa shape index (κ1) is 11.0. The summed E-state index contributed by atoms with van der Waals surface area (Å²) < 4.78 is 5.66. The lowest BCUT2D eigenvalue weighted by molar-refractivity contribution is 0.218. The minimum absolute atomic E-state index is 0.144. The van der Waals surface area contributed by atoms with Gasteiger partial charge in [-0.25, -0.2) is 0 Å². The Morgan fingerprint density at radius 3 is 3.00 bits per heavy atom. The molecule has 0 radical (unpaired) electrons. The summed E-state index contributed by atoms with van der Waals surface area (Å²) in [5, 5.41) is 9.68. The molecular weight excluding hydrogens is 204 g/mol. The number of benzene rings is 1. The maximum Gasteiger partial charge on any atom is 0.184 e. The molecule has 3 N–H and O–H groups in total. The van der Waals surface area contributed by atoms with E-state index in [9.17, 15) is 5.11 Å². The van der Waals surface area contributed by atoms with Crippen LogP contribution in [0.2, 0.25) is 0 Å². The van der Waals surface area contributed by atoms with E-state index >= 15 is 0 Å². The predicted molar refractivity (Wildman–Crippen MR) is 62.5 cm³/mol. The lowest BCUT2D eigenvalue weighted by Crippen LogP contribution is -2.07. The molecule has 0 aromatic heterocycles. The number of phenolic OH excluding ortho intramolecular Hbond substituents is 1. The molecule has 0 spiro atoms. The van der Waals surface area contributed by atoms with E-state index in [1.807, 2.05) is 12.1 Å². The largest absolute Gasteiger partial charge is 0.508 e. The second kappa shape index (κ2) is 4.99. The Bertz CT molecular complexity index is 390. The normalized spacial score (nSPS) is 19.3. The number of hydrogen-bond acceptors (Lipinski definition) is 4. The zero-order valence-corrected chi connectivity index (χ0v) is 9.10. The fourth-order valence-electron chi connectivity index (χ4n) is 1.74. The van der Waals surface area contributed by atoms with E-state index in [0.29, 0.717) is 13.1 Å². The summed E-state index contributed by atoms with van der Waals surface area (Å²) in [6.07, 6.45) is 1.52. The number of phenols is 1. The van der Waals surface area contributed by atoms with Crippen LogP contribution in [0.3, 0.4) is 0 Å². The fraction of sp³-hybridized carbons (Fsp3) is 0.417. The molecule has 1 unspecified atom stereocenters.